The lowest BCUT2D eigenvalue weighted by Crippen LogP contribution is -2.36. The Bertz CT molecular complexity index is 732. The van der Waals surface area contributed by atoms with Crippen LogP contribution < -0.4 is 16.2 Å². The molecule has 1 aliphatic carbocycles. The number of hydrogen-bond acceptors (Lipinski definition) is 4. The van der Waals surface area contributed by atoms with Gasteiger partial charge in [0, 0.05) is 31.0 Å². The van der Waals surface area contributed by atoms with Gasteiger partial charge in [-0.25, -0.2) is 4.79 Å². The highest BCUT2D eigenvalue weighted by molar-refractivity contribution is 5.79. The van der Waals surface area contributed by atoms with E-state index in [9.17, 15) is 4.79 Å². The number of amides is 1. The van der Waals surface area contributed by atoms with Gasteiger partial charge >= 0.3 is 6.09 Å². The molecule has 1 saturated heterocycles. The summed E-state index contributed by atoms with van der Waals surface area (Å²) in [5, 5.41) is 2.89. The van der Waals surface area contributed by atoms with Gasteiger partial charge in [-0.3, -0.25) is 10.9 Å². The standard InChI is InChI=1S/C20H23N3O2/c1-13-14(11-22-23-13)10-21-20(24)25-12-19-17-8-4-2-6-15(17)16-7-3-5-9-18(16)19/h2-9,13-14,19,22-23H,10-12H2,1H3,(H,21,24). The maximum absolute atomic E-state index is 12.1. The molecule has 0 spiro atoms. The zero-order valence-corrected chi connectivity index (χ0v) is 14.3. The average Bonchev–Trinajstić information content (AvgIpc) is 3.19. The Hall–Kier alpha value is -2.37. The molecule has 0 bridgehead atoms. The van der Waals surface area contributed by atoms with E-state index in [-0.39, 0.29) is 12.0 Å². The number of carbonyl (C=O) groups is 1. The largest absolute Gasteiger partial charge is 0.449 e. The van der Waals surface area contributed by atoms with Crippen molar-refractivity contribution < 1.29 is 9.53 Å². The lowest BCUT2D eigenvalue weighted by molar-refractivity contribution is 0.141. The molecular weight excluding hydrogens is 314 g/mol. The van der Waals surface area contributed by atoms with Gasteiger partial charge in [0.15, 0.2) is 0 Å². The predicted molar refractivity (Wildman–Crippen MR) is 97.2 cm³/mol. The Labute approximate surface area is 147 Å². The Kier molecular flexibility index (Phi) is 4.42. The molecule has 0 radical (unpaired) electrons. The molecular formula is C20H23N3O2. The summed E-state index contributed by atoms with van der Waals surface area (Å²) in [5.41, 5.74) is 11.2. The third kappa shape index (κ3) is 3.13. The van der Waals surface area contributed by atoms with Crippen LogP contribution in [0.3, 0.4) is 0 Å². The smallest absolute Gasteiger partial charge is 0.407 e. The van der Waals surface area contributed by atoms with Crippen molar-refractivity contribution in [3.8, 4) is 11.1 Å². The fourth-order valence-electron chi connectivity index (χ4n) is 3.76. The molecule has 5 heteroatoms. The van der Waals surface area contributed by atoms with Crippen molar-refractivity contribution in [2.45, 2.75) is 18.9 Å². The van der Waals surface area contributed by atoms with Crippen LogP contribution in [0.25, 0.3) is 11.1 Å². The van der Waals surface area contributed by atoms with Crippen LogP contribution in [0, 0.1) is 5.92 Å². The average molecular weight is 337 g/mol. The lowest BCUT2D eigenvalue weighted by Gasteiger charge is -2.17. The fraction of sp³-hybridized carbons (Fsp3) is 0.350. The van der Waals surface area contributed by atoms with E-state index in [4.69, 9.17) is 4.74 Å². The second-order valence-corrected chi connectivity index (χ2v) is 6.78. The number of ether oxygens (including phenoxy) is 1. The Morgan fingerprint density at radius 1 is 1.12 bits per heavy atom. The first-order valence-corrected chi connectivity index (χ1v) is 8.81. The number of nitrogens with one attached hydrogen (secondary N) is 3. The van der Waals surface area contributed by atoms with Gasteiger partial charge in [0.2, 0.25) is 0 Å². The van der Waals surface area contributed by atoms with E-state index in [1.807, 2.05) is 12.1 Å². The molecule has 0 aromatic heterocycles. The monoisotopic (exact) mass is 337 g/mol. The van der Waals surface area contributed by atoms with E-state index in [1.54, 1.807) is 0 Å². The number of benzene rings is 2. The van der Waals surface area contributed by atoms with Gasteiger partial charge in [-0.15, -0.1) is 0 Å². The quantitative estimate of drug-likeness (QED) is 0.803. The topological polar surface area (TPSA) is 62.4 Å². The first-order chi connectivity index (χ1) is 12.2. The van der Waals surface area contributed by atoms with Crippen molar-refractivity contribution in [2.24, 2.45) is 5.92 Å². The molecule has 2 atom stereocenters. The number of hydrogen-bond donors (Lipinski definition) is 3. The van der Waals surface area contributed by atoms with Gasteiger partial charge in [-0.1, -0.05) is 48.5 Å². The van der Waals surface area contributed by atoms with Crippen molar-refractivity contribution in [2.75, 3.05) is 19.7 Å². The highest BCUT2D eigenvalue weighted by Gasteiger charge is 2.29. The third-order valence-corrected chi connectivity index (χ3v) is 5.25. The van der Waals surface area contributed by atoms with E-state index in [1.165, 1.54) is 22.3 Å². The molecule has 0 saturated carbocycles. The summed E-state index contributed by atoms with van der Waals surface area (Å²) in [6.07, 6.45) is -0.346. The van der Waals surface area contributed by atoms with Crippen LogP contribution in [0.5, 0.6) is 0 Å². The highest BCUT2D eigenvalue weighted by Crippen LogP contribution is 2.44. The molecule has 1 fully saturated rings. The first-order valence-electron chi connectivity index (χ1n) is 8.81. The molecule has 1 heterocycles. The van der Waals surface area contributed by atoms with E-state index >= 15 is 0 Å². The van der Waals surface area contributed by atoms with Crippen LogP contribution in [0.4, 0.5) is 4.79 Å². The number of fused-ring (bicyclic) bond motifs is 3. The SMILES string of the molecule is CC1NNCC1CNC(=O)OCC1c2ccccc2-c2ccccc21. The maximum atomic E-state index is 12.1. The van der Waals surface area contributed by atoms with Crippen LogP contribution in [0.15, 0.2) is 48.5 Å². The minimum Gasteiger partial charge on any atom is -0.449 e. The summed E-state index contributed by atoms with van der Waals surface area (Å²) in [7, 11) is 0. The summed E-state index contributed by atoms with van der Waals surface area (Å²) in [6.45, 7) is 3.92. The van der Waals surface area contributed by atoms with Crippen LogP contribution in [-0.4, -0.2) is 31.8 Å². The fourth-order valence-corrected chi connectivity index (χ4v) is 3.76. The van der Waals surface area contributed by atoms with Crippen LogP contribution in [-0.2, 0) is 4.74 Å². The van der Waals surface area contributed by atoms with Crippen molar-refractivity contribution in [3.05, 3.63) is 59.7 Å². The van der Waals surface area contributed by atoms with Crippen molar-refractivity contribution >= 4 is 6.09 Å². The molecule has 1 amide bonds. The predicted octanol–water partition coefficient (Wildman–Crippen LogP) is 2.64. The van der Waals surface area contributed by atoms with Crippen LogP contribution >= 0.6 is 0 Å². The van der Waals surface area contributed by atoms with Gasteiger partial charge in [0.1, 0.15) is 6.61 Å². The molecule has 3 N–H and O–H groups in total. The minimum atomic E-state index is -0.346. The molecule has 5 nitrogen and oxygen atoms in total. The Balaban J connectivity index is 1.40. The second-order valence-electron chi connectivity index (χ2n) is 6.78. The van der Waals surface area contributed by atoms with E-state index in [2.05, 4.69) is 59.5 Å². The molecule has 2 aliphatic rings. The molecule has 2 aromatic rings. The number of rotatable bonds is 4. The molecule has 4 rings (SSSR count). The Morgan fingerprint density at radius 3 is 2.36 bits per heavy atom. The number of alkyl carbamates (subject to hydrolysis) is 1. The van der Waals surface area contributed by atoms with Gasteiger partial charge in [0.05, 0.1) is 0 Å². The Morgan fingerprint density at radius 2 is 1.76 bits per heavy atom. The number of carbonyl (C=O) groups excluding carboxylic acids is 1. The van der Waals surface area contributed by atoms with E-state index < -0.39 is 0 Å². The van der Waals surface area contributed by atoms with Gasteiger partial charge in [-0.05, 0) is 29.2 Å². The second kappa shape index (κ2) is 6.86. The molecule has 2 aromatic carbocycles. The maximum Gasteiger partial charge on any atom is 0.407 e. The van der Waals surface area contributed by atoms with Crippen molar-refractivity contribution in [3.63, 3.8) is 0 Å². The van der Waals surface area contributed by atoms with Gasteiger partial charge in [0.25, 0.3) is 0 Å². The van der Waals surface area contributed by atoms with Crippen LogP contribution in [0.1, 0.15) is 24.0 Å². The van der Waals surface area contributed by atoms with Crippen molar-refractivity contribution in [1.82, 2.24) is 16.2 Å². The summed E-state index contributed by atoms with van der Waals surface area (Å²) in [5.74, 6) is 0.479. The van der Waals surface area contributed by atoms with E-state index in [0.29, 0.717) is 25.1 Å². The molecule has 25 heavy (non-hydrogen) atoms. The van der Waals surface area contributed by atoms with E-state index in [0.717, 1.165) is 6.54 Å². The normalized spacial score (nSPS) is 21.6. The summed E-state index contributed by atoms with van der Waals surface area (Å²) < 4.78 is 5.54. The van der Waals surface area contributed by atoms with Crippen molar-refractivity contribution in [1.29, 1.82) is 0 Å². The number of hydrazine groups is 1. The molecule has 2 unspecified atom stereocenters. The summed E-state index contributed by atoms with van der Waals surface area (Å²) in [4.78, 5) is 12.1. The lowest BCUT2D eigenvalue weighted by atomic mass is 9.98. The first kappa shape index (κ1) is 16.1. The third-order valence-electron chi connectivity index (χ3n) is 5.25. The van der Waals surface area contributed by atoms with Gasteiger partial charge < -0.3 is 10.1 Å². The molecule has 130 valence electrons. The molecule has 1 aliphatic heterocycles. The zero-order chi connectivity index (χ0) is 17.2. The zero-order valence-electron chi connectivity index (χ0n) is 14.3. The summed E-state index contributed by atoms with van der Waals surface area (Å²) >= 11 is 0. The minimum absolute atomic E-state index is 0.104. The van der Waals surface area contributed by atoms with Crippen LogP contribution in [0.2, 0.25) is 0 Å². The highest BCUT2D eigenvalue weighted by atomic mass is 16.5. The summed E-state index contributed by atoms with van der Waals surface area (Å²) in [6, 6.07) is 17.0. The van der Waals surface area contributed by atoms with Gasteiger partial charge in [-0.2, -0.15) is 0 Å².